The second-order valence-electron chi connectivity index (χ2n) is 5.98. The zero-order valence-corrected chi connectivity index (χ0v) is 14.0. The van der Waals surface area contributed by atoms with E-state index >= 15 is 0 Å². The standard InChI is InChI=1S/C20H16ClNO2/c1-13(24-20(21)23)12-22-18-9-5-4-8-16(18)17-11-10-14-6-2-3-7-15(14)19(17)22/h2-11,13H,12H2,1H3. The Morgan fingerprint density at radius 1 is 1.00 bits per heavy atom. The molecule has 0 aliphatic carbocycles. The normalized spacial score (nSPS) is 12.8. The van der Waals surface area contributed by atoms with Crippen LogP contribution in [0.5, 0.6) is 0 Å². The zero-order chi connectivity index (χ0) is 16.7. The van der Waals surface area contributed by atoms with Gasteiger partial charge in [-0.15, -0.1) is 0 Å². The number of rotatable bonds is 3. The summed E-state index contributed by atoms with van der Waals surface area (Å²) in [4.78, 5) is 11.1. The van der Waals surface area contributed by atoms with Crippen LogP contribution < -0.4 is 0 Å². The fraction of sp³-hybridized carbons (Fsp3) is 0.150. The summed E-state index contributed by atoms with van der Waals surface area (Å²) in [5.41, 5.74) is 1.52. The van der Waals surface area contributed by atoms with Crippen LogP contribution in [-0.2, 0) is 11.3 Å². The predicted molar refractivity (Wildman–Crippen MR) is 98.7 cm³/mol. The van der Waals surface area contributed by atoms with Crippen LogP contribution in [0.1, 0.15) is 6.92 Å². The highest BCUT2D eigenvalue weighted by Crippen LogP contribution is 2.34. The Morgan fingerprint density at radius 2 is 1.71 bits per heavy atom. The van der Waals surface area contributed by atoms with Gasteiger partial charge in [-0.25, -0.2) is 4.79 Å². The maximum absolute atomic E-state index is 11.1. The van der Waals surface area contributed by atoms with Crippen molar-refractivity contribution in [2.75, 3.05) is 0 Å². The number of hydrogen-bond acceptors (Lipinski definition) is 2. The van der Waals surface area contributed by atoms with E-state index < -0.39 is 5.43 Å². The molecule has 3 aromatic carbocycles. The molecular formula is C20H16ClNO2. The third kappa shape index (κ3) is 2.42. The van der Waals surface area contributed by atoms with Gasteiger partial charge in [-0.05, 0) is 18.4 Å². The van der Waals surface area contributed by atoms with Gasteiger partial charge in [0.15, 0.2) is 0 Å². The summed E-state index contributed by atoms with van der Waals surface area (Å²) in [7, 11) is 0. The van der Waals surface area contributed by atoms with Gasteiger partial charge < -0.3 is 9.30 Å². The van der Waals surface area contributed by atoms with E-state index in [0.29, 0.717) is 6.54 Å². The van der Waals surface area contributed by atoms with Crippen LogP contribution in [0.4, 0.5) is 4.79 Å². The molecule has 0 bridgehead atoms. The second kappa shape index (κ2) is 5.84. The summed E-state index contributed by atoms with van der Waals surface area (Å²) in [5.74, 6) is 0. The van der Waals surface area contributed by atoms with Crippen LogP contribution in [0, 0.1) is 0 Å². The third-order valence-electron chi connectivity index (χ3n) is 4.39. The molecule has 1 aromatic heterocycles. The molecule has 0 spiro atoms. The molecule has 0 saturated heterocycles. The Balaban J connectivity index is 2.03. The molecule has 1 atom stereocenters. The molecule has 0 saturated carbocycles. The van der Waals surface area contributed by atoms with Gasteiger partial charge in [0.25, 0.3) is 0 Å². The number of para-hydroxylation sites is 1. The van der Waals surface area contributed by atoms with Crippen molar-refractivity contribution in [3.8, 4) is 0 Å². The summed E-state index contributed by atoms with van der Waals surface area (Å²) in [6.45, 7) is 2.41. The van der Waals surface area contributed by atoms with Crippen molar-refractivity contribution in [2.24, 2.45) is 0 Å². The Labute approximate surface area is 144 Å². The van der Waals surface area contributed by atoms with Gasteiger partial charge in [0.1, 0.15) is 6.10 Å². The van der Waals surface area contributed by atoms with E-state index in [2.05, 4.69) is 41.0 Å². The number of ether oxygens (including phenoxy) is 1. The summed E-state index contributed by atoms with van der Waals surface area (Å²) < 4.78 is 7.36. The molecule has 3 nitrogen and oxygen atoms in total. The number of hydrogen-bond donors (Lipinski definition) is 0. The Kier molecular flexibility index (Phi) is 3.66. The van der Waals surface area contributed by atoms with E-state index in [9.17, 15) is 4.79 Å². The molecule has 0 radical (unpaired) electrons. The first-order valence-electron chi connectivity index (χ1n) is 7.90. The molecule has 0 N–H and O–H groups in total. The lowest BCUT2D eigenvalue weighted by Crippen LogP contribution is -2.17. The van der Waals surface area contributed by atoms with E-state index in [1.54, 1.807) is 0 Å². The molecule has 0 aliphatic rings. The molecule has 0 aliphatic heterocycles. The van der Waals surface area contributed by atoms with Crippen molar-refractivity contribution < 1.29 is 9.53 Å². The number of benzene rings is 3. The van der Waals surface area contributed by atoms with Crippen molar-refractivity contribution in [3.63, 3.8) is 0 Å². The minimum absolute atomic E-state index is 0.312. The highest BCUT2D eigenvalue weighted by atomic mass is 35.5. The van der Waals surface area contributed by atoms with E-state index in [1.807, 2.05) is 31.2 Å². The summed E-state index contributed by atoms with van der Waals surface area (Å²) in [6, 6.07) is 20.9. The molecule has 24 heavy (non-hydrogen) atoms. The van der Waals surface area contributed by atoms with Gasteiger partial charge >= 0.3 is 5.43 Å². The van der Waals surface area contributed by atoms with Crippen molar-refractivity contribution in [1.82, 2.24) is 4.57 Å². The molecule has 4 heteroatoms. The van der Waals surface area contributed by atoms with Gasteiger partial charge in [-0.2, -0.15) is 0 Å². The summed E-state index contributed by atoms with van der Waals surface area (Å²) in [5, 5.41) is 4.78. The van der Waals surface area contributed by atoms with E-state index in [4.69, 9.17) is 16.3 Å². The monoisotopic (exact) mass is 337 g/mol. The van der Waals surface area contributed by atoms with Crippen molar-refractivity contribution in [2.45, 2.75) is 19.6 Å². The maximum Gasteiger partial charge on any atom is 0.404 e. The predicted octanol–water partition coefficient (Wildman–Crippen LogP) is 5.71. The largest absolute Gasteiger partial charge is 0.449 e. The molecule has 120 valence electrons. The van der Waals surface area contributed by atoms with Crippen LogP contribution in [0.15, 0.2) is 60.7 Å². The molecular weight excluding hydrogens is 322 g/mol. The van der Waals surface area contributed by atoms with Gasteiger partial charge in [-0.3, -0.25) is 0 Å². The topological polar surface area (TPSA) is 31.2 Å². The quantitative estimate of drug-likeness (QED) is 0.448. The number of nitrogens with zero attached hydrogens (tertiary/aromatic N) is 1. The first-order valence-corrected chi connectivity index (χ1v) is 8.28. The van der Waals surface area contributed by atoms with Crippen LogP contribution in [-0.4, -0.2) is 16.1 Å². The van der Waals surface area contributed by atoms with Crippen LogP contribution >= 0.6 is 11.6 Å². The van der Waals surface area contributed by atoms with Gasteiger partial charge in [0.05, 0.1) is 12.1 Å². The molecule has 1 heterocycles. The minimum Gasteiger partial charge on any atom is -0.449 e. The molecule has 0 fully saturated rings. The van der Waals surface area contributed by atoms with E-state index in [-0.39, 0.29) is 6.10 Å². The Bertz CT molecular complexity index is 1070. The first kappa shape index (κ1) is 15.0. The van der Waals surface area contributed by atoms with Crippen LogP contribution in [0.2, 0.25) is 0 Å². The van der Waals surface area contributed by atoms with E-state index in [1.165, 1.54) is 21.5 Å². The highest BCUT2D eigenvalue weighted by molar-refractivity contribution is 6.61. The molecule has 0 amide bonds. The lowest BCUT2D eigenvalue weighted by Gasteiger charge is -2.15. The lowest BCUT2D eigenvalue weighted by atomic mass is 10.1. The Hall–Kier alpha value is -2.52. The smallest absolute Gasteiger partial charge is 0.404 e. The lowest BCUT2D eigenvalue weighted by molar-refractivity contribution is 0.122. The summed E-state index contributed by atoms with van der Waals surface area (Å²) in [6.07, 6.45) is -0.312. The van der Waals surface area contributed by atoms with E-state index in [0.717, 1.165) is 11.0 Å². The third-order valence-corrected chi connectivity index (χ3v) is 4.48. The van der Waals surface area contributed by atoms with Crippen LogP contribution in [0.25, 0.3) is 32.6 Å². The fourth-order valence-electron chi connectivity index (χ4n) is 3.46. The molecule has 4 aromatic rings. The molecule has 4 rings (SSSR count). The number of carbonyl (C=O) groups is 1. The van der Waals surface area contributed by atoms with Crippen molar-refractivity contribution in [3.05, 3.63) is 60.7 Å². The van der Waals surface area contributed by atoms with Crippen LogP contribution in [0.3, 0.4) is 0 Å². The highest BCUT2D eigenvalue weighted by Gasteiger charge is 2.16. The SMILES string of the molecule is CC(Cn1c2ccccc2c2ccc3ccccc3c21)OC(=O)Cl. The summed E-state index contributed by atoms with van der Waals surface area (Å²) >= 11 is 5.37. The fourth-order valence-corrected chi connectivity index (χ4v) is 3.61. The average molecular weight is 338 g/mol. The minimum atomic E-state index is -0.770. The van der Waals surface area contributed by atoms with Gasteiger partial charge in [-0.1, -0.05) is 54.6 Å². The Morgan fingerprint density at radius 3 is 2.50 bits per heavy atom. The number of carbonyl (C=O) groups excluding carboxylic acids is 1. The maximum atomic E-state index is 11.1. The zero-order valence-electron chi connectivity index (χ0n) is 13.2. The van der Waals surface area contributed by atoms with Crippen molar-refractivity contribution >= 4 is 49.6 Å². The number of halogens is 1. The first-order chi connectivity index (χ1) is 11.6. The van der Waals surface area contributed by atoms with Crippen molar-refractivity contribution in [1.29, 1.82) is 0 Å². The molecule has 1 unspecified atom stereocenters. The number of aromatic nitrogens is 1. The van der Waals surface area contributed by atoms with Gasteiger partial charge in [0.2, 0.25) is 0 Å². The second-order valence-corrected chi connectivity index (χ2v) is 6.29. The number of fused-ring (bicyclic) bond motifs is 5. The van der Waals surface area contributed by atoms with Gasteiger partial charge in [0, 0.05) is 33.3 Å². The average Bonchev–Trinajstić information content (AvgIpc) is 2.89.